The Morgan fingerprint density at radius 3 is 2.65 bits per heavy atom. The molecule has 0 saturated heterocycles. The van der Waals surface area contributed by atoms with E-state index in [9.17, 15) is 0 Å². The van der Waals surface area contributed by atoms with Gasteiger partial charge in [-0.1, -0.05) is 42.5 Å². The normalized spacial score (nSPS) is 14.3. The van der Waals surface area contributed by atoms with Crippen molar-refractivity contribution in [2.75, 3.05) is 6.61 Å². The highest BCUT2D eigenvalue weighted by molar-refractivity contribution is 7.18. The summed E-state index contributed by atoms with van der Waals surface area (Å²) in [5.74, 6) is 1.33. The first-order valence-corrected chi connectivity index (χ1v) is 12.6. The Morgan fingerprint density at radius 1 is 0.941 bits per heavy atom. The van der Waals surface area contributed by atoms with E-state index in [1.54, 1.807) is 23.7 Å². The maximum Gasteiger partial charge on any atom is 0.226 e. The van der Waals surface area contributed by atoms with Gasteiger partial charge in [-0.25, -0.2) is 4.98 Å². The van der Waals surface area contributed by atoms with E-state index in [1.807, 2.05) is 12.1 Å². The lowest BCUT2D eigenvalue weighted by atomic mass is 9.97. The highest BCUT2D eigenvalue weighted by Gasteiger charge is 2.23. The third kappa shape index (κ3) is 4.15. The molecule has 0 unspecified atom stereocenters. The lowest BCUT2D eigenvalue weighted by Crippen LogP contribution is -2.30. The largest absolute Gasteiger partial charge is 0.475 e. The van der Waals surface area contributed by atoms with Crippen LogP contribution in [-0.4, -0.2) is 27.6 Å². The molecule has 0 radical (unpaired) electrons. The molecule has 5 aromatic rings. The number of hydrogen-bond donors (Lipinski definition) is 1. The molecular formula is C28H26N4OS. The summed E-state index contributed by atoms with van der Waals surface area (Å²) in [5, 5.41) is 3.55. The van der Waals surface area contributed by atoms with Crippen LogP contribution in [0.1, 0.15) is 28.8 Å². The van der Waals surface area contributed by atoms with E-state index in [1.165, 1.54) is 39.6 Å². The number of aryl methyl sites for hydroxylation is 2. The molecule has 0 spiro atoms. The molecule has 2 N–H and O–H groups in total. The van der Waals surface area contributed by atoms with Gasteiger partial charge in [-0.2, -0.15) is 4.98 Å². The van der Waals surface area contributed by atoms with Gasteiger partial charge in [0.1, 0.15) is 11.4 Å². The average Bonchev–Trinajstić information content (AvgIpc) is 3.26. The van der Waals surface area contributed by atoms with E-state index < -0.39 is 0 Å². The molecule has 2 aromatic carbocycles. The number of nitrogens with zero attached hydrogens (tertiary/aromatic N) is 3. The zero-order valence-electron chi connectivity index (χ0n) is 18.9. The van der Waals surface area contributed by atoms with Gasteiger partial charge < -0.3 is 10.5 Å². The van der Waals surface area contributed by atoms with E-state index in [4.69, 9.17) is 20.4 Å². The van der Waals surface area contributed by atoms with Crippen molar-refractivity contribution in [2.24, 2.45) is 5.73 Å². The van der Waals surface area contributed by atoms with Gasteiger partial charge in [0.2, 0.25) is 5.88 Å². The Hall–Kier alpha value is -3.35. The van der Waals surface area contributed by atoms with Gasteiger partial charge in [0.05, 0.1) is 5.39 Å². The van der Waals surface area contributed by atoms with Crippen LogP contribution in [0.15, 0.2) is 67.0 Å². The van der Waals surface area contributed by atoms with Gasteiger partial charge in [0.15, 0.2) is 5.82 Å². The van der Waals surface area contributed by atoms with Crippen molar-refractivity contribution in [2.45, 2.75) is 38.1 Å². The summed E-state index contributed by atoms with van der Waals surface area (Å²) in [6, 6.07) is 18.7. The first kappa shape index (κ1) is 21.2. The van der Waals surface area contributed by atoms with Gasteiger partial charge in [0, 0.05) is 28.9 Å². The molecule has 0 bridgehead atoms. The fourth-order valence-corrected chi connectivity index (χ4v) is 6.02. The van der Waals surface area contributed by atoms with Crippen LogP contribution in [0, 0.1) is 0 Å². The number of benzene rings is 2. The molecule has 5 nitrogen and oxygen atoms in total. The van der Waals surface area contributed by atoms with Crippen LogP contribution in [0.4, 0.5) is 0 Å². The van der Waals surface area contributed by atoms with Gasteiger partial charge in [0.25, 0.3) is 0 Å². The maximum atomic E-state index is 6.53. The first-order chi connectivity index (χ1) is 16.7. The molecule has 170 valence electrons. The van der Waals surface area contributed by atoms with Crippen LogP contribution in [0.5, 0.6) is 5.88 Å². The summed E-state index contributed by atoms with van der Waals surface area (Å²) in [6.07, 6.45) is 8.89. The molecule has 1 atom stereocenters. The van der Waals surface area contributed by atoms with Crippen LogP contribution < -0.4 is 10.5 Å². The molecule has 6 heteroatoms. The van der Waals surface area contributed by atoms with Crippen LogP contribution in [0.3, 0.4) is 0 Å². The Labute approximate surface area is 202 Å². The van der Waals surface area contributed by atoms with E-state index in [2.05, 4.69) is 47.4 Å². The molecule has 6 rings (SSSR count). The van der Waals surface area contributed by atoms with Crippen molar-refractivity contribution in [3.8, 4) is 17.3 Å². The lowest BCUT2D eigenvalue weighted by Gasteiger charge is -2.16. The molecule has 3 aromatic heterocycles. The minimum Gasteiger partial charge on any atom is -0.475 e. The fourth-order valence-electron chi connectivity index (χ4n) is 4.77. The molecule has 0 saturated carbocycles. The Morgan fingerprint density at radius 2 is 1.76 bits per heavy atom. The van der Waals surface area contributed by atoms with Crippen LogP contribution in [0.25, 0.3) is 32.4 Å². The predicted octanol–water partition coefficient (Wildman–Crippen LogP) is 5.73. The monoisotopic (exact) mass is 466 g/mol. The number of rotatable bonds is 6. The second-order valence-electron chi connectivity index (χ2n) is 8.94. The molecule has 1 aliphatic rings. The van der Waals surface area contributed by atoms with Crippen molar-refractivity contribution >= 4 is 32.3 Å². The Kier molecular flexibility index (Phi) is 5.69. The molecule has 1 aliphatic carbocycles. The first-order valence-electron chi connectivity index (χ1n) is 11.8. The fraction of sp³-hybridized carbons (Fsp3) is 0.250. The van der Waals surface area contributed by atoms with E-state index in [0.29, 0.717) is 18.3 Å². The number of thiophene rings is 1. The zero-order chi connectivity index (χ0) is 22.9. The number of aromatic nitrogens is 3. The highest BCUT2D eigenvalue weighted by Crippen LogP contribution is 2.40. The summed E-state index contributed by atoms with van der Waals surface area (Å²) < 4.78 is 6.34. The number of nitrogens with two attached hydrogens (primary N) is 1. The van der Waals surface area contributed by atoms with E-state index in [0.717, 1.165) is 35.0 Å². The standard InChI is InChI=1S/C28H26N4OS/c29-22(16-18-9-10-19-5-1-2-6-21(19)15-18)17-33-27-25-23-7-3-4-8-24(23)34-28(25)32-26(31-27)20-11-13-30-14-12-20/h1-2,5-6,9-15,22H,3-4,7-8,16-17,29H2/t22-/m0/s1. The molecule has 0 aliphatic heterocycles. The Bertz CT molecular complexity index is 1460. The van der Waals surface area contributed by atoms with Crippen LogP contribution in [-0.2, 0) is 19.3 Å². The predicted molar refractivity (Wildman–Crippen MR) is 138 cm³/mol. The number of hydrogen-bond acceptors (Lipinski definition) is 6. The van der Waals surface area contributed by atoms with Gasteiger partial charge in [-0.15, -0.1) is 11.3 Å². The summed E-state index contributed by atoms with van der Waals surface area (Å²) in [7, 11) is 0. The minimum atomic E-state index is -0.134. The topological polar surface area (TPSA) is 73.9 Å². The van der Waals surface area contributed by atoms with Gasteiger partial charge in [-0.05, 0) is 66.1 Å². The van der Waals surface area contributed by atoms with Crippen molar-refractivity contribution in [3.63, 3.8) is 0 Å². The summed E-state index contributed by atoms with van der Waals surface area (Å²) in [4.78, 5) is 16.3. The smallest absolute Gasteiger partial charge is 0.226 e. The second-order valence-corrected chi connectivity index (χ2v) is 10.0. The number of ether oxygens (including phenoxy) is 1. The SMILES string of the molecule is N[C@H](COc1nc(-c2ccncc2)nc2sc3c(c12)CCCC3)Cc1ccc2ccccc2c1. The second kappa shape index (κ2) is 9.12. The van der Waals surface area contributed by atoms with E-state index >= 15 is 0 Å². The van der Waals surface area contributed by atoms with Crippen LogP contribution >= 0.6 is 11.3 Å². The van der Waals surface area contributed by atoms with Crippen molar-refractivity contribution in [3.05, 3.63) is 83.0 Å². The number of fused-ring (bicyclic) bond motifs is 4. The number of pyridine rings is 1. The maximum absolute atomic E-state index is 6.53. The summed E-state index contributed by atoms with van der Waals surface area (Å²) in [5.41, 5.74) is 10.1. The molecule has 34 heavy (non-hydrogen) atoms. The van der Waals surface area contributed by atoms with Crippen molar-refractivity contribution < 1.29 is 4.74 Å². The molecule has 0 fully saturated rings. The van der Waals surface area contributed by atoms with Crippen molar-refractivity contribution in [1.29, 1.82) is 0 Å². The van der Waals surface area contributed by atoms with E-state index in [-0.39, 0.29) is 6.04 Å². The molecule has 3 heterocycles. The third-order valence-corrected chi connectivity index (χ3v) is 7.65. The zero-order valence-corrected chi connectivity index (χ0v) is 19.7. The highest BCUT2D eigenvalue weighted by atomic mass is 32.1. The average molecular weight is 467 g/mol. The quantitative estimate of drug-likeness (QED) is 0.346. The third-order valence-electron chi connectivity index (χ3n) is 6.47. The van der Waals surface area contributed by atoms with Crippen LogP contribution in [0.2, 0.25) is 0 Å². The van der Waals surface area contributed by atoms with Crippen molar-refractivity contribution in [1.82, 2.24) is 15.0 Å². The van der Waals surface area contributed by atoms with Gasteiger partial charge >= 0.3 is 0 Å². The van der Waals surface area contributed by atoms with Gasteiger partial charge in [-0.3, -0.25) is 4.98 Å². The lowest BCUT2D eigenvalue weighted by molar-refractivity contribution is 0.280. The molecule has 0 amide bonds. The summed E-state index contributed by atoms with van der Waals surface area (Å²) >= 11 is 1.78. The minimum absolute atomic E-state index is 0.134. The molecular weight excluding hydrogens is 440 g/mol. The Balaban J connectivity index is 1.29. The summed E-state index contributed by atoms with van der Waals surface area (Å²) in [6.45, 7) is 0.402.